The minimum absolute atomic E-state index is 0.715. The molecule has 0 saturated carbocycles. The van der Waals surface area contributed by atoms with Crippen molar-refractivity contribution in [1.82, 2.24) is 15.0 Å². The second-order valence-corrected chi connectivity index (χ2v) is 3.43. The van der Waals surface area contributed by atoms with Gasteiger partial charge in [0.25, 0.3) is 0 Å². The van der Waals surface area contributed by atoms with E-state index in [-0.39, 0.29) is 0 Å². The van der Waals surface area contributed by atoms with Crippen LogP contribution < -0.4 is 5.32 Å². The van der Waals surface area contributed by atoms with E-state index >= 15 is 0 Å². The maximum absolute atomic E-state index is 4.41. The number of rotatable bonds is 4. The van der Waals surface area contributed by atoms with Gasteiger partial charge in [-0.15, -0.1) is 0 Å². The minimum Gasteiger partial charge on any atom is -0.370 e. The van der Waals surface area contributed by atoms with E-state index in [1.165, 1.54) is 0 Å². The zero-order valence-corrected chi connectivity index (χ0v) is 9.22. The van der Waals surface area contributed by atoms with E-state index < -0.39 is 0 Å². The van der Waals surface area contributed by atoms with Crippen molar-refractivity contribution >= 4 is 5.82 Å². The summed E-state index contributed by atoms with van der Waals surface area (Å²) in [5.74, 6) is 1.68. The van der Waals surface area contributed by atoms with E-state index in [0.29, 0.717) is 6.42 Å². The average molecular weight is 214 g/mol. The Hall–Kier alpha value is -1.97. The van der Waals surface area contributed by atoms with E-state index in [2.05, 4.69) is 20.3 Å². The van der Waals surface area contributed by atoms with Crippen LogP contribution in [0.25, 0.3) is 0 Å². The van der Waals surface area contributed by atoms with Gasteiger partial charge < -0.3 is 5.32 Å². The maximum atomic E-state index is 4.41. The third-order valence-electron chi connectivity index (χ3n) is 2.15. The van der Waals surface area contributed by atoms with E-state index in [4.69, 9.17) is 0 Å². The predicted molar refractivity (Wildman–Crippen MR) is 63.2 cm³/mol. The highest BCUT2D eigenvalue weighted by Crippen LogP contribution is 2.06. The van der Waals surface area contributed by atoms with Crippen molar-refractivity contribution in [3.8, 4) is 0 Å². The van der Waals surface area contributed by atoms with Crippen LogP contribution >= 0.6 is 0 Å². The summed E-state index contributed by atoms with van der Waals surface area (Å²) in [6.07, 6.45) is 6.09. The molecule has 2 heterocycles. The lowest BCUT2D eigenvalue weighted by atomic mass is 10.2. The number of nitrogens with zero attached hydrogens (tertiary/aromatic N) is 3. The molecule has 82 valence electrons. The molecule has 0 radical (unpaired) electrons. The summed E-state index contributed by atoms with van der Waals surface area (Å²) < 4.78 is 0. The zero-order valence-electron chi connectivity index (χ0n) is 9.22. The quantitative estimate of drug-likeness (QED) is 0.844. The van der Waals surface area contributed by atoms with Crippen LogP contribution in [0.4, 0.5) is 5.82 Å². The molecule has 4 nitrogen and oxygen atoms in total. The van der Waals surface area contributed by atoms with Crippen LogP contribution in [0.3, 0.4) is 0 Å². The van der Waals surface area contributed by atoms with Gasteiger partial charge in [-0.3, -0.25) is 4.98 Å². The minimum atomic E-state index is 0.715. The van der Waals surface area contributed by atoms with Crippen LogP contribution in [0.5, 0.6) is 0 Å². The highest BCUT2D eigenvalue weighted by atomic mass is 15.0. The Morgan fingerprint density at radius 2 is 2.19 bits per heavy atom. The van der Waals surface area contributed by atoms with Gasteiger partial charge in [0.2, 0.25) is 0 Å². The number of hydrogen-bond donors (Lipinski definition) is 1. The molecule has 0 fully saturated rings. The Kier molecular flexibility index (Phi) is 3.43. The molecule has 0 atom stereocenters. The third kappa shape index (κ3) is 2.76. The number of anilines is 1. The summed E-state index contributed by atoms with van der Waals surface area (Å²) in [6, 6.07) is 5.82. The lowest BCUT2D eigenvalue weighted by Gasteiger charge is -2.04. The molecule has 0 spiro atoms. The highest BCUT2D eigenvalue weighted by molar-refractivity contribution is 5.33. The Morgan fingerprint density at radius 3 is 2.94 bits per heavy atom. The van der Waals surface area contributed by atoms with Crippen molar-refractivity contribution in [2.45, 2.75) is 13.3 Å². The van der Waals surface area contributed by atoms with E-state index in [1.54, 1.807) is 12.4 Å². The topological polar surface area (TPSA) is 50.7 Å². The summed E-state index contributed by atoms with van der Waals surface area (Å²) in [7, 11) is 0. The smallest absolute Gasteiger partial charge is 0.135 e. The van der Waals surface area contributed by atoms with Gasteiger partial charge in [-0.05, 0) is 24.6 Å². The first-order valence-corrected chi connectivity index (χ1v) is 5.33. The van der Waals surface area contributed by atoms with Crippen LogP contribution in [0.15, 0.2) is 36.8 Å². The molecule has 2 rings (SSSR count). The summed E-state index contributed by atoms with van der Waals surface area (Å²) in [5.41, 5.74) is 1.12. The summed E-state index contributed by atoms with van der Waals surface area (Å²) >= 11 is 0. The first-order valence-electron chi connectivity index (χ1n) is 5.33. The molecule has 1 N–H and O–H groups in total. The van der Waals surface area contributed by atoms with Crippen molar-refractivity contribution in [2.75, 3.05) is 11.9 Å². The summed E-state index contributed by atoms with van der Waals surface area (Å²) in [6.45, 7) is 2.91. The van der Waals surface area contributed by atoms with Crippen molar-refractivity contribution in [3.63, 3.8) is 0 Å². The third-order valence-corrected chi connectivity index (χ3v) is 2.15. The average Bonchev–Trinajstić information content (AvgIpc) is 2.31. The number of aromatic nitrogens is 3. The lowest BCUT2D eigenvalue weighted by Crippen LogP contribution is -2.03. The van der Waals surface area contributed by atoms with Gasteiger partial charge in [0.15, 0.2) is 0 Å². The SMILES string of the molecule is CCNc1ccnc(Cc2cccnc2)n1. The van der Waals surface area contributed by atoms with Gasteiger partial charge in [0.1, 0.15) is 11.6 Å². The molecule has 0 unspecified atom stereocenters. The largest absolute Gasteiger partial charge is 0.370 e. The summed E-state index contributed by atoms with van der Waals surface area (Å²) in [4.78, 5) is 12.7. The first-order chi connectivity index (χ1) is 7.88. The molecule has 0 aliphatic carbocycles. The molecule has 0 aliphatic rings. The molecule has 0 aromatic carbocycles. The van der Waals surface area contributed by atoms with Crippen LogP contribution in [0.2, 0.25) is 0 Å². The van der Waals surface area contributed by atoms with E-state index in [0.717, 1.165) is 23.8 Å². The number of pyridine rings is 1. The fourth-order valence-electron chi connectivity index (χ4n) is 1.45. The maximum Gasteiger partial charge on any atom is 0.135 e. The fourth-order valence-corrected chi connectivity index (χ4v) is 1.45. The second kappa shape index (κ2) is 5.21. The molecule has 2 aromatic rings. The standard InChI is InChI=1S/C12H14N4/c1-2-14-11-5-7-15-12(16-11)8-10-4-3-6-13-9-10/h3-7,9H,2,8H2,1H3,(H,14,15,16). The Balaban J connectivity index is 2.12. The number of hydrogen-bond acceptors (Lipinski definition) is 4. The van der Waals surface area contributed by atoms with Crippen LogP contribution in [0.1, 0.15) is 18.3 Å². The van der Waals surface area contributed by atoms with Gasteiger partial charge in [0, 0.05) is 31.6 Å². The van der Waals surface area contributed by atoms with Gasteiger partial charge in [0.05, 0.1) is 0 Å². The van der Waals surface area contributed by atoms with Crippen molar-refractivity contribution in [1.29, 1.82) is 0 Å². The molecular weight excluding hydrogens is 200 g/mol. The van der Waals surface area contributed by atoms with E-state index in [1.807, 2.05) is 31.3 Å². The van der Waals surface area contributed by atoms with Crippen LogP contribution in [-0.4, -0.2) is 21.5 Å². The predicted octanol–water partition coefficient (Wildman–Crippen LogP) is 1.89. The summed E-state index contributed by atoms with van der Waals surface area (Å²) in [5, 5.41) is 3.17. The fraction of sp³-hybridized carbons (Fsp3) is 0.250. The first kappa shape index (κ1) is 10.5. The molecular formula is C12H14N4. The highest BCUT2D eigenvalue weighted by Gasteiger charge is 2.00. The molecule has 4 heteroatoms. The molecule has 0 saturated heterocycles. The Labute approximate surface area is 94.8 Å². The molecule has 2 aromatic heterocycles. The lowest BCUT2D eigenvalue weighted by molar-refractivity contribution is 0.956. The normalized spacial score (nSPS) is 10.1. The molecule has 16 heavy (non-hydrogen) atoms. The van der Waals surface area contributed by atoms with Crippen LogP contribution in [0, 0.1) is 0 Å². The van der Waals surface area contributed by atoms with Crippen molar-refractivity contribution in [2.24, 2.45) is 0 Å². The Morgan fingerprint density at radius 1 is 1.25 bits per heavy atom. The molecule has 0 aliphatic heterocycles. The van der Waals surface area contributed by atoms with Gasteiger partial charge in [-0.25, -0.2) is 9.97 Å². The van der Waals surface area contributed by atoms with Gasteiger partial charge in [-0.2, -0.15) is 0 Å². The van der Waals surface area contributed by atoms with Crippen LogP contribution in [-0.2, 0) is 6.42 Å². The number of nitrogens with one attached hydrogen (secondary N) is 1. The Bertz CT molecular complexity index is 442. The zero-order chi connectivity index (χ0) is 11.2. The van der Waals surface area contributed by atoms with Gasteiger partial charge in [-0.1, -0.05) is 6.07 Å². The second-order valence-electron chi connectivity index (χ2n) is 3.43. The van der Waals surface area contributed by atoms with E-state index in [9.17, 15) is 0 Å². The van der Waals surface area contributed by atoms with Gasteiger partial charge >= 0.3 is 0 Å². The molecule has 0 bridgehead atoms. The molecule has 0 amide bonds. The monoisotopic (exact) mass is 214 g/mol. The van der Waals surface area contributed by atoms with Crippen molar-refractivity contribution < 1.29 is 0 Å². The van der Waals surface area contributed by atoms with Crippen molar-refractivity contribution in [3.05, 3.63) is 48.2 Å².